The molecule has 10 heteroatoms. The number of aromatic hydroxyl groups is 1. The van der Waals surface area contributed by atoms with Gasteiger partial charge < -0.3 is 19.9 Å². The first-order valence-corrected chi connectivity index (χ1v) is 10.9. The van der Waals surface area contributed by atoms with E-state index in [4.69, 9.17) is 0 Å². The van der Waals surface area contributed by atoms with Gasteiger partial charge in [0.2, 0.25) is 5.43 Å². The van der Waals surface area contributed by atoms with Crippen LogP contribution in [-0.2, 0) is 13.1 Å². The minimum absolute atomic E-state index is 0.0460. The average Bonchev–Trinajstić information content (AvgIpc) is 3.13. The Morgan fingerprint density at radius 1 is 1.12 bits per heavy atom. The highest BCUT2D eigenvalue weighted by Gasteiger charge is 2.70. The molecule has 172 valence electrons. The highest BCUT2D eigenvalue weighted by Crippen LogP contribution is 2.67. The maximum Gasteiger partial charge on any atom is 0.275 e. The van der Waals surface area contributed by atoms with E-state index >= 15 is 0 Å². The van der Waals surface area contributed by atoms with Crippen molar-refractivity contribution < 1.29 is 27.9 Å². The monoisotopic (exact) mass is 459 g/mol. The molecule has 1 saturated heterocycles. The van der Waals surface area contributed by atoms with E-state index in [0.29, 0.717) is 42.3 Å². The van der Waals surface area contributed by atoms with E-state index in [1.165, 1.54) is 10.8 Å². The van der Waals surface area contributed by atoms with Gasteiger partial charge in [-0.1, -0.05) is 6.92 Å². The van der Waals surface area contributed by atoms with Crippen molar-refractivity contribution >= 4 is 11.8 Å². The molecule has 2 aliphatic carbocycles. The number of benzene rings is 1. The van der Waals surface area contributed by atoms with E-state index < -0.39 is 52.6 Å². The number of rotatable bonds is 3. The minimum Gasteiger partial charge on any atom is -0.503 e. The van der Waals surface area contributed by atoms with Crippen molar-refractivity contribution in [1.29, 1.82) is 0 Å². The van der Waals surface area contributed by atoms with Crippen LogP contribution in [0.3, 0.4) is 0 Å². The number of carbonyl (C=O) groups excluding carboxylic acids is 2. The molecule has 2 amide bonds. The topological polar surface area (TPSA) is 91.6 Å². The number of amides is 2. The highest BCUT2D eigenvalue weighted by atomic mass is 19.2. The number of nitrogens with one attached hydrogen (secondary N) is 1. The number of hydrogen-bond donors (Lipinski definition) is 2. The number of nitrogens with zero attached hydrogens (tertiary/aromatic N) is 2. The van der Waals surface area contributed by atoms with E-state index in [0.717, 1.165) is 6.42 Å². The van der Waals surface area contributed by atoms with Crippen LogP contribution in [-0.4, -0.2) is 38.5 Å². The van der Waals surface area contributed by atoms with E-state index in [9.17, 15) is 32.7 Å². The van der Waals surface area contributed by atoms with Crippen LogP contribution in [0.1, 0.15) is 39.8 Å². The molecule has 2 aromatic rings. The molecule has 0 radical (unpaired) electrons. The van der Waals surface area contributed by atoms with Gasteiger partial charge in [0, 0.05) is 37.0 Å². The molecule has 3 fully saturated rings. The van der Waals surface area contributed by atoms with Gasteiger partial charge in [-0.3, -0.25) is 14.4 Å². The third-order valence-electron chi connectivity index (χ3n) is 8.03. The van der Waals surface area contributed by atoms with Crippen molar-refractivity contribution in [1.82, 2.24) is 14.8 Å². The quantitative estimate of drug-likeness (QED) is 0.687. The van der Waals surface area contributed by atoms with Crippen LogP contribution in [0.25, 0.3) is 0 Å². The lowest BCUT2D eigenvalue weighted by atomic mass is 9.93. The average molecular weight is 459 g/mol. The normalized spacial score (nSPS) is 30.7. The second-order valence-electron chi connectivity index (χ2n) is 9.52. The summed E-state index contributed by atoms with van der Waals surface area (Å²) in [4.78, 5) is 40.4. The molecule has 6 rings (SSSR count). The van der Waals surface area contributed by atoms with Crippen LogP contribution in [0, 0.1) is 41.1 Å². The molecule has 33 heavy (non-hydrogen) atoms. The molecule has 0 spiro atoms. The van der Waals surface area contributed by atoms with E-state index in [1.807, 2.05) is 4.90 Å². The Labute approximate surface area is 185 Å². The zero-order chi connectivity index (χ0) is 23.3. The molecular formula is C23H20F3N3O4. The van der Waals surface area contributed by atoms with Crippen molar-refractivity contribution in [2.24, 2.45) is 23.7 Å². The van der Waals surface area contributed by atoms with Crippen molar-refractivity contribution in [2.75, 3.05) is 0 Å². The maximum absolute atomic E-state index is 13.8. The largest absolute Gasteiger partial charge is 0.503 e. The third-order valence-corrected chi connectivity index (χ3v) is 8.03. The fourth-order valence-electron chi connectivity index (χ4n) is 6.56. The Hall–Kier alpha value is -3.30. The zero-order valence-corrected chi connectivity index (χ0v) is 17.5. The van der Waals surface area contributed by atoms with Crippen LogP contribution in [0.4, 0.5) is 13.2 Å². The summed E-state index contributed by atoms with van der Waals surface area (Å²) in [6.45, 7) is 2.05. The third kappa shape index (κ3) is 2.66. The van der Waals surface area contributed by atoms with Gasteiger partial charge in [0.25, 0.3) is 11.8 Å². The summed E-state index contributed by atoms with van der Waals surface area (Å²) in [5.74, 6) is -3.80. The maximum atomic E-state index is 13.8. The number of hydrogen-bond acceptors (Lipinski definition) is 4. The fourth-order valence-corrected chi connectivity index (χ4v) is 6.56. The first kappa shape index (κ1) is 20.3. The van der Waals surface area contributed by atoms with Crippen LogP contribution in [0.15, 0.2) is 23.1 Å². The molecule has 6 atom stereocenters. The summed E-state index contributed by atoms with van der Waals surface area (Å²) < 4.78 is 41.8. The lowest BCUT2D eigenvalue weighted by Crippen LogP contribution is -2.53. The number of halogens is 3. The van der Waals surface area contributed by atoms with Crippen molar-refractivity contribution in [2.45, 2.75) is 38.5 Å². The summed E-state index contributed by atoms with van der Waals surface area (Å²) in [6, 6.07) is 1.07. The molecule has 4 aliphatic rings. The highest BCUT2D eigenvalue weighted by molar-refractivity contribution is 5.99. The fraction of sp³-hybridized carbons (Fsp3) is 0.435. The van der Waals surface area contributed by atoms with Gasteiger partial charge in [-0.2, -0.15) is 0 Å². The minimum atomic E-state index is -1.35. The van der Waals surface area contributed by atoms with Crippen LogP contribution < -0.4 is 10.7 Å². The summed E-state index contributed by atoms with van der Waals surface area (Å²) in [5, 5.41) is 12.8. The molecule has 1 aromatic carbocycles. The second kappa shape index (κ2) is 6.61. The Balaban J connectivity index is 1.29. The van der Waals surface area contributed by atoms with Crippen molar-refractivity contribution in [3.05, 3.63) is 62.8 Å². The van der Waals surface area contributed by atoms with Crippen LogP contribution >= 0.6 is 0 Å². The molecule has 2 saturated carbocycles. The van der Waals surface area contributed by atoms with E-state index in [2.05, 4.69) is 12.2 Å². The van der Waals surface area contributed by atoms with Gasteiger partial charge in [0.05, 0.1) is 6.04 Å². The lowest BCUT2D eigenvalue weighted by Gasteiger charge is -2.40. The van der Waals surface area contributed by atoms with E-state index in [-0.39, 0.29) is 23.3 Å². The van der Waals surface area contributed by atoms with Crippen molar-refractivity contribution in [3.8, 4) is 5.75 Å². The summed E-state index contributed by atoms with van der Waals surface area (Å²) >= 11 is 0. The molecule has 3 heterocycles. The Kier molecular flexibility index (Phi) is 4.07. The first-order chi connectivity index (χ1) is 15.7. The number of piperidine rings is 1. The second-order valence-corrected chi connectivity index (χ2v) is 9.52. The standard InChI is InChI=1S/C23H20F3N3O4/c1-8-17-10-3-15(18(8)17)29-16(10)7-28-6-11(20(30)21(31)19(28)23(29)33)22(32)27-5-9-2-13(25)14(26)4-12(9)24/h2,4,6,8,10,15-18,31H,3,5,7H2,1H3,(H,27,32). The van der Waals surface area contributed by atoms with Gasteiger partial charge in [0.1, 0.15) is 11.4 Å². The van der Waals surface area contributed by atoms with Crippen molar-refractivity contribution in [3.63, 3.8) is 0 Å². The molecule has 1 aromatic heterocycles. The predicted octanol–water partition coefficient (Wildman–Crippen LogP) is 2.01. The predicted molar refractivity (Wildman–Crippen MR) is 108 cm³/mol. The lowest BCUT2D eigenvalue weighted by molar-refractivity contribution is 0.0465. The summed E-state index contributed by atoms with van der Waals surface area (Å²) in [6.07, 6.45) is 2.16. The Bertz CT molecular complexity index is 1310. The smallest absolute Gasteiger partial charge is 0.275 e. The summed E-state index contributed by atoms with van der Waals surface area (Å²) in [5.41, 5.74) is -1.86. The SMILES string of the molecule is CC1C2C3CC(C12)N1C(=O)c2c(O)c(=O)c(C(=O)NCc4cc(F)c(F)cc4F)cn2CC31. The van der Waals surface area contributed by atoms with Gasteiger partial charge in [-0.15, -0.1) is 0 Å². The number of fused-ring (bicyclic) bond motifs is 9. The van der Waals surface area contributed by atoms with Gasteiger partial charge >= 0.3 is 0 Å². The zero-order valence-electron chi connectivity index (χ0n) is 17.5. The molecule has 2 aliphatic heterocycles. The van der Waals surface area contributed by atoms with Gasteiger partial charge in [0.15, 0.2) is 23.1 Å². The first-order valence-electron chi connectivity index (χ1n) is 10.9. The molecule has 7 nitrogen and oxygen atoms in total. The number of pyridine rings is 1. The Morgan fingerprint density at radius 3 is 2.61 bits per heavy atom. The molecule has 6 unspecified atom stereocenters. The molecule has 2 bridgehead atoms. The van der Waals surface area contributed by atoms with Crippen LogP contribution in [0.5, 0.6) is 5.75 Å². The van der Waals surface area contributed by atoms with Gasteiger partial charge in [-0.25, -0.2) is 13.2 Å². The van der Waals surface area contributed by atoms with Crippen LogP contribution in [0.2, 0.25) is 0 Å². The molecular weight excluding hydrogens is 439 g/mol. The summed E-state index contributed by atoms with van der Waals surface area (Å²) in [7, 11) is 0. The molecule has 2 N–H and O–H groups in total. The van der Waals surface area contributed by atoms with E-state index in [1.54, 1.807) is 0 Å². The van der Waals surface area contributed by atoms with Gasteiger partial charge in [-0.05, 0) is 36.2 Å². The Morgan fingerprint density at radius 2 is 1.85 bits per heavy atom. The number of aromatic nitrogens is 1. The number of carbonyl (C=O) groups is 2.